The summed E-state index contributed by atoms with van der Waals surface area (Å²) in [4.78, 5) is 1.35. The second-order valence-corrected chi connectivity index (χ2v) is 7.41. The Morgan fingerprint density at radius 2 is 1.75 bits per heavy atom. The van der Waals surface area contributed by atoms with Crippen molar-refractivity contribution in [3.05, 3.63) is 24.3 Å². The average molecular weight is 235 g/mol. The van der Waals surface area contributed by atoms with Crippen LogP contribution in [0.2, 0.25) is 0 Å². The normalized spacial score (nSPS) is 16.9. The summed E-state index contributed by atoms with van der Waals surface area (Å²) in [6.45, 7) is 6.74. The molecule has 16 heavy (non-hydrogen) atoms. The van der Waals surface area contributed by atoms with Gasteiger partial charge in [0.1, 0.15) is 0 Å². The van der Waals surface area contributed by atoms with E-state index in [1.165, 1.54) is 29.8 Å². The molecule has 0 spiro atoms. The third kappa shape index (κ3) is 3.44. The Kier molecular flexibility index (Phi) is 3.48. The molecular weight excluding hydrogens is 214 g/mol. The van der Waals surface area contributed by atoms with Gasteiger partial charge in [-0.25, -0.2) is 0 Å². The number of thioether (sulfide) groups is 1. The maximum atomic E-state index is 3.56. The van der Waals surface area contributed by atoms with Gasteiger partial charge in [0.15, 0.2) is 0 Å². The van der Waals surface area contributed by atoms with Crippen LogP contribution in [-0.4, -0.2) is 10.8 Å². The van der Waals surface area contributed by atoms with Crippen LogP contribution >= 0.6 is 11.8 Å². The molecule has 1 aromatic rings. The number of hydrogen-bond donors (Lipinski definition) is 1. The van der Waals surface area contributed by atoms with E-state index < -0.39 is 0 Å². The minimum Gasteiger partial charge on any atom is -0.382 e. The maximum Gasteiger partial charge on any atom is 0.0343 e. The van der Waals surface area contributed by atoms with Gasteiger partial charge in [0.05, 0.1) is 0 Å². The minimum absolute atomic E-state index is 0.295. The van der Waals surface area contributed by atoms with Crippen LogP contribution < -0.4 is 5.32 Å². The SMILES string of the molecule is CC(C)(C)Sc1ccc(NC2CCC2)cc1. The van der Waals surface area contributed by atoms with Crippen molar-refractivity contribution in [3.63, 3.8) is 0 Å². The number of anilines is 1. The predicted molar refractivity (Wildman–Crippen MR) is 73.3 cm³/mol. The van der Waals surface area contributed by atoms with Crippen LogP contribution in [0.15, 0.2) is 29.2 Å². The van der Waals surface area contributed by atoms with Crippen molar-refractivity contribution in [2.45, 2.75) is 55.7 Å². The molecule has 0 unspecified atom stereocenters. The fourth-order valence-electron chi connectivity index (χ4n) is 1.76. The molecule has 2 rings (SSSR count). The number of rotatable bonds is 3. The first kappa shape index (κ1) is 11.8. The van der Waals surface area contributed by atoms with E-state index in [1.807, 2.05) is 11.8 Å². The molecule has 1 aliphatic carbocycles. The predicted octanol–water partition coefficient (Wildman–Crippen LogP) is 4.54. The summed E-state index contributed by atoms with van der Waals surface area (Å²) >= 11 is 1.92. The molecule has 0 bridgehead atoms. The molecule has 0 atom stereocenters. The molecule has 1 nitrogen and oxygen atoms in total. The van der Waals surface area contributed by atoms with E-state index in [0.717, 1.165) is 6.04 Å². The van der Waals surface area contributed by atoms with E-state index in [0.29, 0.717) is 4.75 Å². The average Bonchev–Trinajstić information content (AvgIpc) is 2.11. The lowest BCUT2D eigenvalue weighted by Gasteiger charge is -2.27. The fraction of sp³-hybridized carbons (Fsp3) is 0.571. The Labute approximate surface area is 103 Å². The Morgan fingerprint density at radius 1 is 1.12 bits per heavy atom. The lowest BCUT2D eigenvalue weighted by atomic mass is 9.93. The van der Waals surface area contributed by atoms with E-state index in [2.05, 4.69) is 50.4 Å². The van der Waals surface area contributed by atoms with Gasteiger partial charge in [-0.1, -0.05) is 20.8 Å². The maximum absolute atomic E-state index is 3.56. The molecule has 0 saturated heterocycles. The van der Waals surface area contributed by atoms with E-state index in [1.54, 1.807) is 0 Å². The zero-order valence-corrected chi connectivity index (χ0v) is 11.2. The lowest BCUT2D eigenvalue weighted by molar-refractivity contribution is 0.445. The quantitative estimate of drug-likeness (QED) is 0.772. The van der Waals surface area contributed by atoms with Gasteiger partial charge in [-0.3, -0.25) is 0 Å². The van der Waals surface area contributed by atoms with Gasteiger partial charge in [-0.05, 0) is 43.5 Å². The van der Waals surface area contributed by atoms with Gasteiger partial charge < -0.3 is 5.32 Å². The van der Waals surface area contributed by atoms with Crippen molar-refractivity contribution in [2.24, 2.45) is 0 Å². The summed E-state index contributed by atoms with van der Waals surface area (Å²) in [6.07, 6.45) is 4.05. The number of hydrogen-bond acceptors (Lipinski definition) is 2. The van der Waals surface area contributed by atoms with Crippen LogP contribution in [0, 0.1) is 0 Å². The Hall–Kier alpha value is -0.630. The van der Waals surface area contributed by atoms with E-state index in [-0.39, 0.29) is 0 Å². The first-order chi connectivity index (χ1) is 7.53. The molecule has 0 heterocycles. The summed E-state index contributed by atoms with van der Waals surface area (Å²) < 4.78 is 0.295. The van der Waals surface area contributed by atoms with Crippen LogP contribution in [0.5, 0.6) is 0 Å². The molecule has 88 valence electrons. The lowest BCUT2D eigenvalue weighted by Crippen LogP contribution is -2.26. The summed E-state index contributed by atoms with van der Waals surface area (Å²) in [7, 11) is 0. The minimum atomic E-state index is 0.295. The van der Waals surface area contributed by atoms with Crippen LogP contribution in [-0.2, 0) is 0 Å². The molecule has 0 aromatic heterocycles. The monoisotopic (exact) mass is 235 g/mol. The van der Waals surface area contributed by atoms with Gasteiger partial charge in [-0.15, -0.1) is 11.8 Å². The van der Waals surface area contributed by atoms with Crippen molar-refractivity contribution in [3.8, 4) is 0 Å². The first-order valence-corrected chi connectivity index (χ1v) is 6.90. The molecule has 1 N–H and O–H groups in total. The Bertz CT molecular complexity index is 333. The second-order valence-electron chi connectivity index (χ2n) is 5.51. The van der Waals surface area contributed by atoms with Crippen molar-refractivity contribution in [1.82, 2.24) is 0 Å². The molecule has 2 heteroatoms. The highest BCUT2D eigenvalue weighted by Crippen LogP contribution is 2.32. The summed E-state index contributed by atoms with van der Waals surface area (Å²) in [5.41, 5.74) is 1.27. The molecule has 1 aromatic carbocycles. The van der Waals surface area contributed by atoms with Crippen LogP contribution in [0.1, 0.15) is 40.0 Å². The standard InChI is InChI=1S/C14H21NS/c1-14(2,3)16-13-9-7-12(8-10-13)15-11-5-4-6-11/h7-11,15H,4-6H2,1-3H3. The van der Waals surface area contributed by atoms with E-state index in [4.69, 9.17) is 0 Å². The Morgan fingerprint density at radius 3 is 2.19 bits per heavy atom. The smallest absolute Gasteiger partial charge is 0.0343 e. The van der Waals surface area contributed by atoms with Crippen LogP contribution in [0.3, 0.4) is 0 Å². The zero-order chi connectivity index (χ0) is 11.6. The highest BCUT2D eigenvalue weighted by Gasteiger charge is 2.17. The molecule has 0 amide bonds. The highest BCUT2D eigenvalue weighted by atomic mass is 32.2. The summed E-state index contributed by atoms with van der Waals surface area (Å²) in [5, 5.41) is 3.56. The fourth-order valence-corrected chi connectivity index (χ4v) is 2.74. The molecule has 1 saturated carbocycles. The number of nitrogens with one attached hydrogen (secondary N) is 1. The molecule has 1 aliphatic rings. The van der Waals surface area contributed by atoms with E-state index in [9.17, 15) is 0 Å². The van der Waals surface area contributed by atoms with Crippen molar-refractivity contribution < 1.29 is 0 Å². The first-order valence-electron chi connectivity index (χ1n) is 6.08. The molecule has 0 aliphatic heterocycles. The van der Waals surface area contributed by atoms with E-state index >= 15 is 0 Å². The topological polar surface area (TPSA) is 12.0 Å². The highest BCUT2D eigenvalue weighted by molar-refractivity contribution is 8.00. The largest absolute Gasteiger partial charge is 0.382 e. The van der Waals surface area contributed by atoms with Gasteiger partial charge in [-0.2, -0.15) is 0 Å². The third-order valence-corrected chi connectivity index (χ3v) is 3.87. The van der Waals surface area contributed by atoms with Gasteiger partial charge in [0, 0.05) is 21.4 Å². The second kappa shape index (κ2) is 4.70. The van der Waals surface area contributed by atoms with Gasteiger partial charge >= 0.3 is 0 Å². The van der Waals surface area contributed by atoms with Crippen LogP contribution in [0.25, 0.3) is 0 Å². The molecular formula is C14H21NS. The number of benzene rings is 1. The van der Waals surface area contributed by atoms with Gasteiger partial charge in [0.25, 0.3) is 0 Å². The zero-order valence-electron chi connectivity index (χ0n) is 10.4. The Balaban J connectivity index is 1.93. The molecule has 0 radical (unpaired) electrons. The van der Waals surface area contributed by atoms with Gasteiger partial charge in [0.2, 0.25) is 0 Å². The van der Waals surface area contributed by atoms with Crippen molar-refractivity contribution >= 4 is 17.4 Å². The molecule has 1 fully saturated rings. The third-order valence-electron chi connectivity index (χ3n) is 2.75. The van der Waals surface area contributed by atoms with Crippen molar-refractivity contribution in [2.75, 3.05) is 5.32 Å². The van der Waals surface area contributed by atoms with Crippen molar-refractivity contribution in [1.29, 1.82) is 0 Å². The summed E-state index contributed by atoms with van der Waals surface area (Å²) in [5.74, 6) is 0. The van der Waals surface area contributed by atoms with Crippen LogP contribution in [0.4, 0.5) is 5.69 Å². The summed E-state index contributed by atoms with van der Waals surface area (Å²) in [6, 6.07) is 9.56.